The summed E-state index contributed by atoms with van der Waals surface area (Å²) in [5.41, 5.74) is 1.71. The van der Waals surface area contributed by atoms with E-state index in [4.69, 9.17) is 4.98 Å². The van der Waals surface area contributed by atoms with Crippen molar-refractivity contribution in [2.75, 3.05) is 22.2 Å². The van der Waals surface area contributed by atoms with Crippen molar-refractivity contribution in [1.82, 2.24) is 9.97 Å². The molecule has 1 unspecified atom stereocenters. The maximum atomic E-state index is 12.9. The van der Waals surface area contributed by atoms with Gasteiger partial charge < -0.3 is 15.1 Å². The van der Waals surface area contributed by atoms with Crippen molar-refractivity contribution in [2.24, 2.45) is 0 Å². The first kappa shape index (κ1) is 21.7. The minimum Gasteiger partial charge on any atom is -0.340 e. The Hall–Kier alpha value is -2.63. The second kappa shape index (κ2) is 10.1. The highest BCUT2D eigenvalue weighted by atomic mass is 16.2. The fourth-order valence-corrected chi connectivity index (χ4v) is 3.59. The molecule has 1 atom stereocenters. The average molecular weight is 384 g/mol. The number of carbonyl (C=O) groups excluding carboxylic acids is 1. The molecule has 6 heteroatoms. The Morgan fingerprint density at radius 2 is 1.75 bits per heavy atom. The van der Waals surface area contributed by atoms with Gasteiger partial charge in [-0.15, -0.1) is 0 Å². The number of nitrogens with zero attached hydrogens (tertiary/aromatic N) is 4. The van der Waals surface area contributed by atoms with Crippen LogP contribution in [0.15, 0.2) is 36.5 Å². The van der Waals surface area contributed by atoms with Crippen LogP contribution in [0.25, 0.3) is 0 Å². The van der Waals surface area contributed by atoms with Crippen LogP contribution in [0.1, 0.15) is 53.9 Å². The van der Waals surface area contributed by atoms with Crippen LogP contribution in [0.4, 0.5) is 23.1 Å². The fourth-order valence-electron chi connectivity index (χ4n) is 3.59. The molecule has 152 valence electrons. The minimum absolute atomic E-state index is 0.110. The van der Waals surface area contributed by atoms with Gasteiger partial charge in [-0.1, -0.05) is 52.8 Å². The summed E-state index contributed by atoms with van der Waals surface area (Å²) in [6, 6.07) is 9.96. The van der Waals surface area contributed by atoms with Crippen LogP contribution >= 0.6 is 0 Å². The molecule has 2 heterocycles. The lowest BCUT2D eigenvalue weighted by atomic mass is 10.0. The van der Waals surface area contributed by atoms with Crippen molar-refractivity contribution in [1.29, 1.82) is 0 Å². The summed E-state index contributed by atoms with van der Waals surface area (Å²) < 4.78 is 0. The molecule has 3 rings (SSSR count). The number of anilines is 4. The number of carbonyl (C=O) groups is 1. The highest BCUT2D eigenvalue weighted by Crippen LogP contribution is 2.37. The second-order valence-corrected chi connectivity index (χ2v) is 6.59. The van der Waals surface area contributed by atoms with Gasteiger partial charge >= 0.3 is 0 Å². The predicted octanol–water partition coefficient (Wildman–Crippen LogP) is 5.00. The van der Waals surface area contributed by atoms with Crippen molar-refractivity contribution in [2.45, 2.75) is 66.0 Å². The van der Waals surface area contributed by atoms with Crippen molar-refractivity contribution in [3.63, 3.8) is 0 Å². The normalized spacial score (nSPS) is 15.8. The topological polar surface area (TPSA) is 61.4 Å². The van der Waals surface area contributed by atoms with Gasteiger partial charge in [0.1, 0.15) is 11.7 Å². The smallest absolute Gasteiger partial charge is 0.249 e. The monoisotopic (exact) mass is 383 g/mol. The average Bonchev–Trinajstić information content (AvgIpc) is 2.74. The van der Waals surface area contributed by atoms with E-state index < -0.39 is 0 Å². The summed E-state index contributed by atoms with van der Waals surface area (Å²) in [6.45, 7) is 10.4. The van der Waals surface area contributed by atoms with Gasteiger partial charge in [-0.25, -0.2) is 4.98 Å². The highest BCUT2D eigenvalue weighted by Gasteiger charge is 2.39. The first-order valence-corrected chi connectivity index (χ1v) is 10.4. The summed E-state index contributed by atoms with van der Waals surface area (Å²) in [4.78, 5) is 26.0. The summed E-state index contributed by atoms with van der Waals surface area (Å²) in [5.74, 6) is 1.49. The zero-order valence-corrected chi connectivity index (χ0v) is 17.9. The Bertz CT molecular complexity index is 761. The van der Waals surface area contributed by atoms with Crippen LogP contribution in [-0.2, 0) is 4.79 Å². The number of para-hydroxylation sites is 1. The van der Waals surface area contributed by atoms with E-state index in [0.717, 1.165) is 36.5 Å². The van der Waals surface area contributed by atoms with Gasteiger partial charge in [0, 0.05) is 18.8 Å². The van der Waals surface area contributed by atoms with Crippen LogP contribution in [0.2, 0.25) is 0 Å². The van der Waals surface area contributed by atoms with Gasteiger partial charge in [-0.05, 0) is 31.4 Å². The van der Waals surface area contributed by atoms with Gasteiger partial charge in [0.2, 0.25) is 11.9 Å². The predicted molar refractivity (Wildman–Crippen MR) is 117 cm³/mol. The Morgan fingerprint density at radius 3 is 2.32 bits per heavy atom. The largest absolute Gasteiger partial charge is 0.340 e. The fraction of sp³-hybridized carbons (Fsp3) is 0.500. The van der Waals surface area contributed by atoms with Crippen molar-refractivity contribution < 1.29 is 4.79 Å². The molecule has 6 nitrogen and oxygen atoms in total. The van der Waals surface area contributed by atoms with E-state index in [0.29, 0.717) is 5.95 Å². The molecule has 0 radical (unpaired) electrons. The van der Waals surface area contributed by atoms with Gasteiger partial charge in [0.25, 0.3) is 0 Å². The number of hydrogen-bond donors (Lipinski definition) is 1. The number of hydrogen-bond acceptors (Lipinski definition) is 5. The number of benzene rings is 1. The van der Waals surface area contributed by atoms with E-state index in [2.05, 4.69) is 36.0 Å². The molecule has 1 N–H and O–H groups in total. The van der Waals surface area contributed by atoms with Crippen LogP contribution < -0.4 is 15.1 Å². The first-order chi connectivity index (χ1) is 13.6. The Balaban J connectivity index is 0.00000136. The number of fused-ring (bicyclic) bond motifs is 1. The molecule has 1 aliphatic heterocycles. The molecule has 28 heavy (non-hydrogen) atoms. The molecule has 1 aromatic carbocycles. The lowest BCUT2D eigenvalue weighted by molar-refractivity contribution is -0.120. The number of rotatable bonds is 6. The lowest BCUT2D eigenvalue weighted by Crippen LogP contribution is -2.56. The van der Waals surface area contributed by atoms with Gasteiger partial charge in [-0.3, -0.25) is 4.79 Å². The number of likely N-dealkylation sites (N-methyl/N-ethyl adjacent to an activating group) is 1. The third kappa shape index (κ3) is 4.26. The summed E-state index contributed by atoms with van der Waals surface area (Å²) in [6.07, 6.45) is 4.43. The van der Waals surface area contributed by atoms with Gasteiger partial charge in [0.05, 0.1) is 6.20 Å². The highest BCUT2D eigenvalue weighted by molar-refractivity contribution is 6.04. The molecule has 1 aliphatic rings. The first-order valence-electron chi connectivity index (χ1n) is 10.4. The molecule has 0 spiro atoms. The Kier molecular flexibility index (Phi) is 7.79. The molecule has 0 saturated carbocycles. The SMILES string of the molecule is CC.CCC(CC)N1c2nc(Nc3ccccc3)ncc2N(C)C(=O)C1CC. The number of nitrogens with one attached hydrogen (secondary N) is 1. The second-order valence-electron chi connectivity index (χ2n) is 6.59. The van der Waals surface area contributed by atoms with Crippen LogP contribution in [0.5, 0.6) is 0 Å². The summed E-state index contributed by atoms with van der Waals surface area (Å²) >= 11 is 0. The van der Waals surface area contributed by atoms with E-state index >= 15 is 0 Å². The van der Waals surface area contributed by atoms with Crippen LogP contribution in [0, 0.1) is 0 Å². The molecule has 2 aromatic rings. The van der Waals surface area contributed by atoms with E-state index in [9.17, 15) is 4.79 Å². The zero-order chi connectivity index (χ0) is 20.7. The molecule has 0 fully saturated rings. The third-order valence-electron chi connectivity index (χ3n) is 5.06. The van der Waals surface area contributed by atoms with E-state index in [1.165, 1.54) is 0 Å². The maximum Gasteiger partial charge on any atom is 0.249 e. The Labute approximate surface area is 169 Å². The van der Waals surface area contributed by atoms with Gasteiger partial charge in [-0.2, -0.15) is 4.98 Å². The number of aromatic nitrogens is 2. The molecule has 0 bridgehead atoms. The van der Waals surface area contributed by atoms with Gasteiger partial charge in [0.15, 0.2) is 5.82 Å². The zero-order valence-electron chi connectivity index (χ0n) is 17.9. The third-order valence-corrected chi connectivity index (χ3v) is 5.06. The van der Waals surface area contributed by atoms with Crippen molar-refractivity contribution in [3.8, 4) is 0 Å². The standard InChI is InChI=1S/C20H27N5O.C2H6/c1-5-15(6-2)25-16(7-3)19(26)24(4)17-13-21-20(23-18(17)25)22-14-11-9-8-10-12-14;1-2/h8-13,15-16H,5-7H2,1-4H3,(H,21,22,23);1-2H3. The maximum absolute atomic E-state index is 12.9. The number of amides is 1. The van der Waals surface area contributed by atoms with E-state index in [1.54, 1.807) is 11.1 Å². The lowest BCUT2D eigenvalue weighted by Gasteiger charge is -2.44. The molecule has 1 aromatic heterocycles. The van der Waals surface area contributed by atoms with E-state index in [-0.39, 0.29) is 18.0 Å². The quantitative estimate of drug-likeness (QED) is 0.761. The molecular weight excluding hydrogens is 350 g/mol. The van der Waals surface area contributed by atoms with E-state index in [1.807, 2.05) is 51.2 Å². The summed E-state index contributed by atoms with van der Waals surface area (Å²) in [7, 11) is 1.81. The van der Waals surface area contributed by atoms with Crippen LogP contribution in [-0.4, -0.2) is 35.0 Å². The minimum atomic E-state index is -0.183. The summed E-state index contributed by atoms with van der Waals surface area (Å²) in [5, 5.41) is 3.26. The molecule has 0 saturated heterocycles. The van der Waals surface area contributed by atoms with Crippen molar-refractivity contribution in [3.05, 3.63) is 36.5 Å². The molecule has 1 amide bonds. The molecule has 0 aliphatic carbocycles. The Morgan fingerprint density at radius 1 is 1.11 bits per heavy atom. The molecular formula is C22H33N5O. The van der Waals surface area contributed by atoms with Crippen molar-refractivity contribution >= 4 is 29.0 Å². The van der Waals surface area contributed by atoms with Crippen LogP contribution in [0.3, 0.4) is 0 Å².